The number of nitro groups is 1. The fourth-order valence-corrected chi connectivity index (χ4v) is 4.00. The summed E-state index contributed by atoms with van der Waals surface area (Å²) in [5.41, 5.74) is -0.338. The Morgan fingerprint density at radius 1 is 1.00 bits per heavy atom. The highest BCUT2D eigenvalue weighted by atomic mass is 32.2. The van der Waals surface area contributed by atoms with Gasteiger partial charge in [0.15, 0.2) is 0 Å². The summed E-state index contributed by atoms with van der Waals surface area (Å²) < 4.78 is 57.8. The van der Waals surface area contributed by atoms with E-state index in [0.717, 1.165) is 12.1 Å². The van der Waals surface area contributed by atoms with Crippen LogP contribution in [0, 0.1) is 10.1 Å². The lowest BCUT2D eigenvalue weighted by Gasteiger charge is -2.12. The molecular formula is C14H15N3O7S2. The van der Waals surface area contributed by atoms with Crippen molar-refractivity contribution in [3.8, 4) is 5.75 Å². The number of nitrogens with zero attached hydrogens (tertiary/aromatic N) is 1. The van der Waals surface area contributed by atoms with Gasteiger partial charge in [0.1, 0.15) is 10.6 Å². The Morgan fingerprint density at radius 2 is 1.62 bits per heavy atom. The van der Waals surface area contributed by atoms with Crippen LogP contribution in [0.4, 0.5) is 11.4 Å². The van der Waals surface area contributed by atoms with Crippen LogP contribution in [0.25, 0.3) is 0 Å². The van der Waals surface area contributed by atoms with Gasteiger partial charge in [-0.3, -0.25) is 14.8 Å². The summed E-state index contributed by atoms with van der Waals surface area (Å²) in [4.78, 5) is 9.70. The van der Waals surface area contributed by atoms with E-state index in [9.17, 15) is 26.9 Å². The van der Waals surface area contributed by atoms with Crippen LogP contribution in [0.2, 0.25) is 0 Å². The van der Waals surface area contributed by atoms with E-state index < -0.39 is 35.6 Å². The SMILES string of the molecule is CNS(=O)(=O)c1ccc(NS(=O)(=O)c2cc([N+](=O)[O-])ccc2OC)cc1. The summed E-state index contributed by atoms with van der Waals surface area (Å²) in [6.07, 6.45) is 0. The molecule has 2 aromatic carbocycles. The fourth-order valence-electron chi connectivity index (χ4n) is 2.02. The smallest absolute Gasteiger partial charge is 0.271 e. The van der Waals surface area contributed by atoms with Crippen molar-refractivity contribution in [1.29, 1.82) is 0 Å². The second-order valence-corrected chi connectivity index (χ2v) is 8.47. The lowest BCUT2D eigenvalue weighted by atomic mass is 10.3. The molecule has 0 bridgehead atoms. The highest BCUT2D eigenvalue weighted by Gasteiger charge is 2.23. The summed E-state index contributed by atoms with van der Waals surface area (Å²) in [6, 6.07) is 8.12. The molecule has 140 valence electrons. The van der Waals surface area contributed by atoms with Crippen molar-refractivity contribution >= 4 is 31.4 Å². The Kier molecular flexibility index (Phi) is 5.49. The normalized spacial score (nSPS) is 11.8. The maximum absolute atomic E-state index is 12.5. The van der Waals surface area contributed by atoms with Gasteiger partial charge in [-0.1, -0.05) is 0 Å². The lowest BCUT2D eigenvalue weighted by molar-refractivity contribution is -0.385. The number of benzene rings is 2. The van der Waals surface area contributed by atoms with E-state index in [0.29, 0.717) is 0 Å². The first kappa shape index (κ1) is 19.6. The third-order valence-electron chi connectivity index (χ3n) is 3.33. The molecule has 0 amide bonds. The van der Waals surface area contributed by atoms with Crippen LogP contribution in [0.5, 0.6) is 5.75 Å². The van der Waals surface area contributed by atoms with Gasteiger partial charge in [0.25, 0.3) is 15.7 Å². The fraction of sp³-hybridized carbons (Fsp3) is 0.143. The lowest BCUT2D eigenvalue weighted by Crippen LogP contribution is -2.18. The molecule has 0 fully saturated rings. The van der Waals surface area contributed by atoms with Gasteiger partial charge in [0.2, 0.25) is 10.0 Å². The maximum Gasteiger partial charge on any atom is 0.271 e. The third-order valence-corrected chi connectivity index (χ3v) is 6.17. The van der Waals surface area contributed by atoms with Gasteiger partial charge >= 0.3 is 0 Å². The Morgan fingerprint density at radius 3 is 2.12 bits per heavy atom. The van der Waals surface area contributed by atoms with Crippen molar-refractivity contribution in [2.75, 3.05) is 18.9 Å². The minimum atomic E-state index is -4.21. The summed E-state index contributed by atoms with van der Waals surface area (Å²) in [5.74, 6) is -0.0718. The largest absolute Gasteiger partial charge is 0.495 e. The van der Waals surface area contributed by atoms with Crippen LogP contribution < -0.4 is 14.2 Å². The molecule has 0 unspecified atom stereocenters. The molecule has 0 aliphatic rings. The molecule has 0 saturated heterocycles. The molecule has 0 aromatic heterocycles. The number of non-ortho nitro benzene ring substituents is 1. The summed E-state index contributed by atoms with van der Waals surface area (Å²) >= 11 is 0. The summed E-state index contributed by atoms with van der Waals surface area (Å²) in [6.45, 7) is 0. The minimum absolute atomic E-state index is 0.0455. The second kappa shape index (κ2) is 7.27. The van der Waals surface area contributed by atoms with Gasteiger partial charge in [-0.25, -0.2) is 21.6 Å². The molecule has 10 nitrogen and oxygen atoms in total. The number of anilines is 1. The summed E-state index contributed by atoms with van der Waals surface area (Å²) in [5, 5.41) is 10.9. The van der Waals surface area contributed by atoms with E-state index in [1.807, 2.05) is 0 Å². The maximum atomic E-state index is 12.5. The van der Waals surface area contributed by atoms with Crippen LogP contribution in [-0.2, 0) is 20.0 Å². The number of ether oxygens (including phenoxy) is 1. The van der Waals surface area contributed by atoms with Crippen LogP contribution in [0.3, 0.4) is 0 Å². The third kappa shape index (κ3) is 4.09. The van der Waals surface area contributed by atoms with E-state index in [1.165, 1.54) is 44.5 Å². The first-order valence-electron chi connectivity index (χ1n) is 6.99. The number of nitrogens with one attached hydrogen (secondary N) is 2. The molecule has 2 rings (SSSR count). The molecule has 0 aliphatic carbocycles. The standard InChI is InChI=1S/C14H15N3O7S2/c1-15-25(20,21)12-6-3-10(4-7-12)16-26(22,23)14-9-11(17(18)19)5-8-13(14)24-2/h3-9,15-16H,1-2H3. The average Bonchev–Trinajstić information content (AvgIpc) is 2.61. The molecule has 2 aromatic rings. The van der Waals surface area contributed by atoms with Crippen LogP contribution in [0.1, 0.15) is 0 Å². The number of methoxy groups -OCH3 is 1. The zero-order chi connectivity index (χ0) is 19.5. The molecule has 0 atom stereocenters. The Hall–Kier alpha value is -2.70. The molecule has 0 spiro atoms. The second-order valence-electron chi connectivity index (χ2n) is 4.93. The first-order valence-corrected chi connectivity index (χ1v) is 9.96. The molecular weight excluding hydrogens is 386 g/mol. The number of sulfonamides is 2. The van der Waals surface area contributed by atoms with Crippen LogP contribution >= 0.6 is 0 Å². The average molecular weight is 401 g/mol. The van der Waals surface area contributed by atoms with Crippen molar-refractivity contribution in [2.45, 2.75) is 9.79 Å². The van der Waals surface area contributed by atoms with Gasteiger partial charge in [0, 0.05) is 17.8 Å². The predicted octanol–water partition coefficient (Wildman–Crippen LogP) is 1.31. The van der Waals surface area contributed by atoms with Crippen molar-refractivity contribution in [3.63, 3.8) is 0 Å². The number of hydrogen-bond acceptors (Lipinski definition) is 7. The molecule has 0 heterocycles. The summed E-state index contributed by atoms with van der Waals surface area (Å²) in [7, 11) is -5.39. The topological polar surface area (TPSA) is 145 Å². The zero-order valence-corrected chi connectivity index (χ0v) is 15.3. The number of rotatable bonds is 7. The first-order chi connectivity index (χ1) is 12.1. The molecule has 0 aliphatic heterocycles. The Labute approximate surface area is 150 Å². The molecule has 0 saturated carbocycles. The molecule has 26 heavy (non-hydrogen) atoms. The predicted molar refractivity (Wildman–Crippen MR) is 93.1 cm³/mol. The van der Waals surface area contributed by atoms with Gasteiger partial charge in [-0.05, 0) is 37.4 Å². The minimum Gasteiger partial charge on any atom is -0.495 e. The van der Waals surface area contributed by atoms with Crippen LogP contribution in [-0.4, -0.2) is 35.9 Å². The highest BCUT2D eigenvalue weighted by molar-refractivity contribution is 7.92. The van der Waals surface area contributed by atoms with E-state index in [4.69, 9.17) is 4.74 Å². The van der Waals surface area contributed by atoms with Gasteiger partial charge in [0.05, 0.1) is 16.9 Å². The molecule has 0 radical (unpaired) electrons. The monoisotopic (exact) mass is 401 g/mol. The van der Waals surface area contributed by atoms with Crippen molar-refractivity contribution in [2.24, 2.45) is 0 Å². The van der Waals surface area contributed by atoms with E-state index in [1.54, 1.807) is 0 Å². The number of hydrogen-bond donors (Lipinski definition) is 2. The van der Waals surface area contributed by atoms with E-state index in [-0.39, 0.29) is 16.3 Å². The van der Waals surface area contributed by atoms with Gasteiger partial charge in [-0.15, -0.1) is 0 Å². The number of nitro benzene ring substituents is 1. The van der Waals surface area contributed by atoms with Crippen LogP contribution in [0.15, 0.2) is 52.3 Å². The molecule has 2 N–H and O–H groups in total. The molecule has 12 heteroatoms. The van der Waals surface area contributed by atoms with E-state index in [2.05, 4.69) is 9.44 Å². The van der Waals surface area contributed by atoms with Gasteiger partial charge < -0.3 is 4.74 Å². The highest BCUT2D eigenvalue weighted by Crippen LogP contribution is 2.29. The Balaban J connectivity index is 2.40. The van der Waals surface area contributed by atoms with E-state index >= 15 is 0 Å². The van der Waals surface area contributed by atoms with Gasteiger partial charge in [-0.2, -0.15) is 0 Å². The zero-order valence-electron chi connectivity index (χ0n) is 13.7. The van der Waals surface area contributed by atoms with Crippen molar-refractivity contribution in [1.82, 2.24) is 4.72 Å². The van der Waals surface area contributed by atoms with Crippen molar-refractivity contribution < 1.29 is 26.5 Å². The quantitative estimate of drug-likeness (QED) is 0.525. The Bertz CT molecular complexity index is 1030. The van der Waals surface area contributed by atoms with Crippen molar-refractivity contribution in [3.05, 3.63) is 52.6 Å².